The van der Waals surface area contributed by atoms with E-state index in [1.807, 2.05) is 6.07 Å². The van der Waals surface area contributed by atoms with E-state index in [-0.39, 0.29) is 30.5 Å². The van der Waals surface area contributed by atoms with Crippen molar-refractivity contribution in [1.82, 2.24) is 14.6 Å². The fraction of sp³-hybridized carbons (Fsp3) is 0.683. The molecule has 15 nitrogen and oxygen atoms in total. The Labute approximate surface area is 341 Å². The van der Waals surface area contributed by atoms with Crippen LogP contribution in [-0.4, -0.2) is 87.7 Å². The Kier molecular flexibility index (Phi) is 20.3. The quantitative estimate of drug-likeness (QED) is 0.0384. The van der Waals surface area contributed by atoms with Gasteiger partial charge in [0.25, 0.3) is 0 Å². The smallest absolute Gasteiger partial charge is 0.472 e. The van der Waals surface area contributed by atoms with Gasteiger partial charge in [0.05, 0.1) is 39.2 Å². The highest BCUT2D eigenvalue weighted by Crippen LogP contribution is 2.46. The Morgan fingerprint density at radius 1 is 0.966 bits per heavy atom. The van der Waals surface area contributed by atoms with E-state index in [9.17, 15) is 29.3 Å². The number of phosphoric acid groups is 1. The van der Waals surface area contributed by atoms with Crippen molar-refractivity contribution in [2.24, 2.45) is 0 Å². The van der Waals surface area contributed by atoms with Gasteiger partial charge in [0.1, 0.15) is 42.3 Å². The molecule has 0 spiro atoms. The molecule has 0 radical (unpaired) electrons. The van der Waals surface area contributed by atoms with Crippen LogP contribution in [0.1, 0.15) is 121 Å². The van der Waals surface area contributed by atoms with Gasteiger partial charge in [0, 0.05) is 6.61 Å². The van der Waals surface area contributed by atoms with Crippen molar-refractivity contribution < 1.29 is 52.1 Å². The van der Waals surface area contributed by atoms with Gasteiger partial charge in [0.2, 0.25) is 5.60 Å². The fourth-order valence-electron chi connectivity index (χ4n) is 7.06. The summed E-state index contributed by atoms with van der Waals surface area (Å²) in [7, 11) is -3.44. The van der Waals surface area contributed by atoms with Crippen LogP contribution in [0.15, 0.2) is 36.7 Å². The van der Waals surface area contributed by atoms with Crippen molar-refractivity contribution in [3.63, 3.8) is 0 Å². The van der Waals surface area contributed by atoms with Crippen molar-refractivity contribution in [3.05, 3.63) is 53.7 Å². The van der Waals surface area contributed by atoms with E-state index in [1.54, 1.807) is 6.07 Å². The number of halogens is 1. The highest BCUT2D eigenvalue weighted by atomic mass is 31.2. The number of rotatable bonds is 30. The number of methoxy groups -OCH3 is 1. The number of aliphatic hydroxyl groups is 2. The molecule has 1 fully saturated rings. The second-order valence-corrected chi connectivity index (χ2v) is 16.4. The first kappa shape index (κ1) is 47.4. The van der Waals surface area contributed by atoms with Gasteiger partial charge in [-0.2, -0.15) is 10.4 Å². The van der Waals surface area contributed by atoms with Crippen LogP contribution in [0, 0.1) is 17.1 Å². The summed E-state index contributed by atoms with van der Waals surface area (Å²) in [5.41, 5.74) is 4.69. The number of hydrogen-bond donors (Lipinski definition) is 4. The first-order valence-electron chi connectivity index (χ1n) is 20.7. The molecule has 1 unspecified atom stereocenters. The topological polar surface area (TPSA) is 213 Å². The summed E-state index contributed by atoms with van der Waals surface area (Å²) in [5.74, 6) is -0.362. The molecule has 6 atom stereocenters. The molecule has 0 bridgehead atoms. The number of unbranched alkanes of at least 4 members (excludes halogenated alkanes) is 15. The lowest BCUT2D eigenvalue weighted by Crippen LogP contribution is -2.41. The molecule has 1 aliphatic rings. The third kappa shape index (κ3) is 14.2. The van der Waals surface area contributed by atoms with Crippen molar-refractivity contribution >= 4 is 19.2 Å². The van der Waals surface area contributed by atoms with E-state index in [4.69, 9.17) is 33.7 Å². The van der Waals surface area contributed by atoms with Crippen LogP contribution in [0.4, 0.5) is 10.2 Å². The molecular formula is C41H63FN5O10P. The molecule has 1 aliphatic heterocycles. The van der Waals surface area contributed by atoms with Crippen LogP contribution >= 0.6 is 7.82 Å². The molecule has 0 amide bonds. The molecular weight excluding hydrogens is 772 g/mol. The molecule has 324 valence electrons. The summed E-state index contributed by atoms with van der Waals surface area (Å²) in [6.45, 7) is 1.54. The molecule has 4 rings (SSSR count). The highest BCUT2D eigenvalue weighted by Gasteiger charge is 2.58. The van der Waals surface area contributed by atoms with Gasteiger partial charge in [-0.05, 0) is 36.2 Å². The van der Waals surface area contributed by atoms with Crippen LogP contribution < -0.4 is 10.5 Å². The van der Waals surface area contributed by atoms with Crippen molar-refractivity contribution in [2.45, 2.75) is 146 Å². The number of phosphoric ester groups is 1. The number of nitriles is 1. The van der Waals surface area contributed by atoms with Crippen LogP contribution in [0.25, 0.3) is 5.52 Å². The van der Waals surface area contributed by atoms with Crippen molar-refractivity contribution in [3.8, 4) is 11.8 Å². The number of benzene rings is 1. The van der Waals surface area contributed by atoms with E-state index in [0.29, 0.717) is 17.7 Å². The Morgan fingerprint density at radius 3 is 2.21 bits per heavy atom. The van der Waals surface area contributed by atoms with Crippen molar-refractivity contribution in [1.29, 1.82) is 5.26 Å². The van der Waals surface area contributed by atoms with Crippen LogP contribution in [0.2, 0.25) is 0 Å². The first-order chi connectivity index (χ1) is 28.0. The molecule has 58 heavy (non-hydrogen) atoms. The number of nitrogen functional groups attached to an aromatic ring is 1. The van der Waals surface area contributed by atoms with Gasteiger partial charge in [0.15, 0.2) is 17.4 Å². The zero-order valence-corrected chi connectivity index (χ0v) is 34.9. The maximum absolute atomic E-state index is 14.3. The lowest BCUT2D eigenvalue weighted by atomic mass is 9.92. The fourth-order valence-corrected chi connectivity index (χ4v) is 7.82. The second kappa shape index (κ2) is 24.8. The van der Waals surface area contributed by atoms with E-state index >= 15 is 0 Å². The maximum Gasteiger partial charge on any atom is 0.472 e. The molecule has 1 saturated heterocycles. The summed E-state index contributed by atoms with van der Waals surface area (Å²) in [5, 5.41) is 36.0. The van der Waals surface area contributed by atoms with Gasteiger partial charge in [-0.25, -0.2) is 18.5 Å². The monoisotopic (exact) mass is 835 g/mol. The minimum absolute atomic E-state index is 0.0258. The summed E-state index contributed by atoms with van der Waals surface area (Å²) < 4.78 is 61.6. The van der Waals surface area contributed by atoms with E-state index in [2.05, 4.69) is 17.0 Å². The Hall–Kier alpha value is -3.23. The van der Waals surface area contributed by atoms with E-state index in [0.717, 1.165) is 25.6 Å². The van der Waals surface area contributed by atoms with Crippen molar-refractivity contribution in [2.75, 3.05) is 39.3 Å². The van der Waals surface area contributed by atoms with Crippen LogP contribution in [0.3, 0.4) is 0 Å². The molecule has 1 aromatic carbocycles. The predicted molar refractivity (Wildman–Crippen MR) is 215 cm³/mol. The Bertz CT molecular complexity index is 1750. The lowest BCUT2D eigenvalue weighted by Gasteiger charge is -2.24. The number of anilines is 1. The third-order valence-electron chi connectivity index (χ3n) is 10.5. The average Bonchev–Trinajstić information content (AvgIpc) is 3.76. The molecule has 0 saturated carbocycles. The zero-order valence-electron chi connectivity index (χ0n) is 34.0. The van der Waals surface area contributed by atoms with Crippen LogP contribution in [0.5, 0.6) is 5.75 Å². The maximum atomic E-state index is 14.3. The molecule has 5 N–H and O–H groups in total. The van der Waals surface area contributed by atoms with Gasteiger partial charge < -0.3 is 39.8 Å². The standard InChI is InChI=1S/C41H63FN5O10P/c1-3-4-5-6-7-8-9-10-11-12-13-14-15-16-17-18-23-53-26-32(54-25-31-19-21-35(52-2)33(42)24-31)27-55-58(50,51)56-28-36-38(48)39(49)41(29-43,57-36)37-22-20-34-40(44)45-30-46-47(34)37/h19-22,24,30,32,36,38-39,48-49H,3-18,23,25-28H2,1-2H3,(H,50,51)(H2,44,45,46)/t32-,36+,38+,39+,41-/m0/s1. The Balaban J connectivity index is 1.19. The summed E-state index contributed by atoms with van der Waals surface area (Å²) in [4.78, 5) is 14.5. The molecule has 0 aliphatic carbocycles. The second-order valence-electron chi connectivity index (χ2n) is 14.9. The lowest BCUT2D eigenvalue weighted by molar-refractivity contribution is -0.0690. The largest absolute Gasteiger partial charge is 0.494 e. The highest BCUT2D eigenvalue weighted by molar-refractivity contribution is 7.47. The van der Waals surface area contributed by atoms with Gasteiger partial charge in [-0.15, -0.1) is 0 Å². The van der Waals surface area contributed by atoms with Gasteiger partial charge in [-0.3, -0.25) is 9.05 Å². The number of nitrogens with two attached hydrogens (primary N) is 1. The summed E-state index contributed by atoms with van der Waals surface area (Å²) in [6, 6.07) is 9.26. The van der Waals surface area contributed by atoms with Crippen LogP contribution in [-0.2, 0) is 40.0 Å². The normalized spacial score (nSPS) is 20.9. The minimum atomic E-state index is -4.80. The molecule has 2 aromatic heterocycles. The number of nitrogens with zero attached hydrogens (tertiary/aromatic N) is 4. The van der Waals surface area contributed by atoms with E-state index < -0.39 is 56.9 Å². The molecule has 3 heterocycles. The number of aliphatic hydroxyl groups excluding tert-OH is 2. The zero-order chi connectivity index (χ0) is 41.8. The number of ether oxygens (including phenoxy) is 4. The SMILES string of the molecule is CCCCCCCCCCCCCCCCCCOC[C@@H](COP(=O)(O)OC[C@H]1O[C@@](C#N)(c2ccc3c(N)ncnn23)[C@H](O)[C@@H]1O)OCc1ccc(OC)c(F)c1. The number of aromatic nitrogens is 3. The van der Waals surface area contributed by atoms with E-state index in [1.165, 1.54) is 119 Å². The summed E-state index contributed by atoms with van der Waals surface area (Å²) in [6.07, 6.45) is 15.6. The minimum Gasteiger partial charge on any atom is -0.494 e. The summed E-state index contributed by atoms with van der Waals surface area (Å²) >= 11 is 0. The number of fused-ring (bicyclic) bond motifs is 1. The average molecular weight is 836 g/mol. The number of hydrogen-bond acceptors (Lipinski definition) is 13. The Morgan fingerprint density at radius 2 is 1.60 bits per heavy atom. The first-order valence-corrected chi connectivity index (χ1v) is 22.2. The molecule has 3 aromatic rings. The van der Waals surface area contributed by atoms with Gasteiger partial charge >= 0.3 is 7.82 Å². The molecule has 17 heteroatoms. The predicted octanol–water partition coefficient (Wildman–Crippen LogP) is 7.30. The van der Waals surface area contributed by atoms with Gasteiger partial charge in [-0.1, -0.05) is 109 Å². The third-order valence-corrected chi connectivity index (χ3v) is 11.4.